The van der Waals surface area contributed by atoms with Crippen LogP contribution in [0.25, 0.3) is 0 Å². The molecule has 0 amide bonds. The molecule has 1 aliphatic rings. The first kappa shape index (κ1) is 8.56. The predicted molar refractivity (Wildman–Crippen MR) is 50.2 cm³/mol. The Balaban J connectivity index is 1.95. The summed E-state index contributed by atoms with van der Waals surface area (Å²) < 4.78 is 7.23. The van der Waals surface area contributed by atoms with E-state index in [0.29, 0.717) is 11.8 Å². The Kier molecular flexibility index (Phi) is 2.22. The molecule has 2 rings (SSSR count). The van der Waals surface area contributed by atoms with Crippen molar-refractivity contribution in [1.29, 1.82) is 0 Å². The smallest absolute Gasteiger partial charge is 0.0795 e. The van der Waals surface area contributed by atoms with Crippen molar-refractivity contribution in [2.75, 3.05) is 12.8 Å². The fourth-order valence-electron chi connectivity index (χ4n) is 1.55. The summed E-state index contributed by atoms with van der Waals surface area (Å²) in [6.45, 7) is 0.818. The van der Waals surface area contributed by atoms with E-state index >= 15 is 0 Å². The molecule has 13 heavy (non-hydrogen) atoms. The molecule has 4 nitrogen and oxygen atoms in total. The first-order valence-electron chi connectivity index (χ1n) is 4.60. The molecule has 1 heterocycles. The Labute approximate surface area is 77.7 Å². The van der Waals surface area contributed by atoms with E-state index in [2.05, 4.69) is 5.10 Å². The lowest BCUT2D eigenvalue weighted by Gasteiger charge is -2.13. The summed E-state index contributed by atoms with van der Waals surface area (Å²) >= 11 is 0. The number of hydrogen-bond donors (Lipinski definition) is 1. The number of nitrogens with two attached hydrogens (primary N) is 1. The first-order chi connectivity index (χ1) is 6.29. The molecule has 1 aliphatic carbocycles. The van der Waals surface area contributed by atoms with Crippen molar-refractivity contribution in [3.63, 3.8) is 0 Å². The van der Waals surface area contributed by atoms with Crippen LogP contribution in [-0.4, -0.2) is 23.0 Å². The molecular weight excluding hydrogens is 166 g/mol. The Morgan fingerprint density at radius 1 is 1.77 bits per heavy atom. The maximum Gasteiger partial charge on any atom is 0.0795 e. The molecule has 72 valence electrons. The maximum absolute atomic E-state index is 5.56. The zero-order valence-corrected chi connectivity index (χ0v) is 7.81. The van der Waals surface area contributed by atoms with Gasteiger partial charge < -0.3 is 10.5 Å². The summed E-state index contributed by atoms with van der Waals surface area (Å²) in [6.07, 6.45) is 6.39. The molecule has 1 aromatic heterocycles. The lowest BCUT2D eigenvalue weighted by molar-refractivity contribution is 0.0669. The highest BCUT2D eigenvalue weighted by molar-refractivity contribution is 5.30. The van der Waals surface area contributed by atoms with Crippen molar-refractivity contribution in [3.8, 4) is 0 Å². The SMILES string of the molecule is COC(Cn1cc(N)cn1)C1CC1. The average molecular weight is 181 g/mol. The first-order valence-corrected chi connectivity index (χ1v) is 4.60. The molecule has 2 N–H and O–H groups in total. The standard InChI is InChI=1S/C9H15N3O/c1-13-9(7-2-3-7)6-12-5-8(10)4-11-12/h4-5,7,9H,2-3,6,10H2,1H3. The maximum atomic E-state index is 5.56. The van der Waals surface area contributed by atoms with Crippen LogP contribution in [0.15, 0.2) is 12.4 Å². The highest BCUT2D eigenvalue weighted by atomic mass is 16.5. The molecule has 0 aliphatic heterocycles. The second-order valence-corrected chi connectivity index (χ2v) is 3.61. The largest absolute Gasteiger partial charge is 0.396 e. The fraction of sp³-hybridized carbons (Fsp3) is 0.667. The molecule has 1 aromatic rings. The molecule has 0 radical (unpaired) electrons. The summed E-state index contributed by atoms with van der Waals surface area (Å²) in [5, 5.41) is 4.13. The predicted octanol–water partition coefficient (Wildman–Crippen LogP) is 0.890. The van der Waals surface area contributed by atoms with Gasteiger partial charge in [-0.1, -0.05) is 0 Å². The monoisotopic (exact) mass is 181 g/mol. The van der Waals surface area contributed by atoms with Crippen LogP contribution in [-0.2, 0) is 11.3 Å². The van der Waals surface area contributed by atoms with Gasteiger partial charge in [0.05, 0.1) is 24.5 Å². The summed E-state index contributed by atoms with van der Waals surface area (Å²) in [5.74, 6) is 0.732. The van der Waals surface area contributed by atoms with Crippen molar-refractivity contribution in [3.05, 3.63) is 12.4 Å². The Bertz CT molecular complexity index is 280. The fourth-order valence-corrected chi connectivity index (χ4v) is 1.55. The summed E-state index contributed by atoms with van der Waals surface area (Å²) in [7, 11) is 1.76. The van der Waals surface area contributed by atoms with Crippen molar-refractivity contribution < 1.29 is 4.74 Å². The van der Waals surface area contributed by atoms with Crippen LogP contribution in [0.3, 0.4) is 0 Å². The summed E-state index contributed by atoms with van der Waals surface area (Å²) in [4.78, 5) is 0. The van der Waals surface area contributed by atoms with Gasteiger partial charge in [-0.2, -0.15) is 5.10 Å². The molecule has 0 bridgehead atoms. The highest BCUT2D eigenvalue weighted by Crippen LogP contribution is 2.34. The average Bonchev–Trinajstić information content (AvgIpc) is 2.87. The van der Waals surface area contributed by atoms with Crippen LogP contribution in [0.4, 0.5) is 5.69 Å². The molecule has 1 atom stereocenters. The van der Waals surface area contributed by atoms with E-state index in [1.807, 2.05) is 10.9 Å². The molecule has 0 aromatic carbocycles. The minimum absolute atomic E-state index is 0.305. The van der Waals surface area contributed by atoms with E-state index in [9.17, 15) is 0 Å². The molecule has 1 saturated carbocycles. The third-order valence-corrected chi connectivity index (χ3v) is 2.47. The molecule has 0 spiro atoms. The van der Waals surface area contributed by atoms with Crippen LogP contribution >= 0.6 is 0 Å². The molecule has 0 saturated heterocycles. The van der Waals surface area contributed by atoms with Crippen molar-refractivity contribution in [2.24, 2.45) is 5.92 Å². The Hall–Kier alpha value is -1.03. The number of anilines is 1. The minimum Gasteiger partial charge on any atom is -0.396 e. The van der Waals surface area contributed by atoms with Crippen LogP contribution in [0.5, 0.6) is 0 Å². The lowest BCUT2D eigenvalue weighted by atomic mass is 10.2. The van der Waals surface area contributed by atoms with E-state index < -0.39 is 0 Å². The number of rotatable bonds is 4. The summed E-state index contributed by atoms with van der Waals surface area (Å²) in [6, 6.07) is 0. The summed E-state index contributed by atoms with van der Waals surface area (Å²) in [5.41, 5.74) is 6.28. The number of methoxy groups -OCH3 is 1. The third-order valence-electron chi connectivity index (χ3n) is 2.47. The highest BCUT2D eigenvalue weighted by Gasteiger charge is 2.31. The van der Waals surface area contributed by atoms with Crippen LogP contribution < -0.4 is 5.73 Å². The number of ether oxygens (including phenoxy) is 1. The lowest BCUT2D eigenvalue weighted by Crippen LogP contribution is -2.21. The van der Waals surface area contributed by atoms with Gasteiger partial charge in [0.1, 0.15) is 0 Å². The van der Waals surface area contributed by atoms with Gasteiger partial charge in [-0.3, -0.25) is 4.68 Å². The normalized spacial score (nSPS) is 18.8. The van der Waals surface area contributed by atoms with E-state index in [-0.39, 0.29) is 0 Å². The van der Waals surface area contributed by atoms with Gasteiger partial charge in [-0.15, -0.1) is 0 Å². The molecule has 4 heteroatoms. The van der Waals surface area contributed by atoms with E-state index in [1.165, 1.54) is 12.8 Å². The van der Waals surface area contributed by atoms with Crippen LogP contribution in [0.2, 0.25) is 0 Å². The van der Waals surface area contributed by atoms with Crippen molar-refractivity contribution in [1.82, 2.24) is 9.78 Å². The third kappa shape index (κ3) is 2.01. The number of hydrogen-bond acceptors (Lipinski definition) is 3. The van der Waals surface area contributed by atoms with Gasteiger partial charge in [0.2, 0.25) is 0 Å². The van der Waals surface area contributed by atoms with Crippen molar-refractivity contribution >= 4 is 5.69 Å². The van der Waals surface area contributed by atoms with E-state index in [1.54, 1.807) is 13.3 Å². The zero-order chi connectivity index (χ0) is 9.26. The second-order valence-electron chi connectivity index (χ2n) is 3.61. The Morgan fingerprint density at radius 3 is 3.00 bits per heavy atom. The number of nitrogens with zero attached hydrogens (tertiary/aromatic N) is 2. The molecule has 1 unspecified atom stereocenters. The quantitative estimate of drug-likeness (QED) is 0.750. The topological polar surface area (TPSA) is 53.1 Å². The van der Waals surface area contributed by atoms with E-state index in [4.69, 9.17) is 10.5 Å². The molecular formula is C9H15N3O. The van der Waals surface area contributed by atoms with Crippen molar-refractivity contribution in [2.45, 2.75) is 25.5 Å². The van der Waals surface area contributed by atoms with Gasteiger partial charge in [0, 0.05) is 13.3 Å². The van der Waals surface area contributed by atoms with Gasteiger partial charge >= 0.3 is 0 Å². The van der Waals surface area contributed by atoms with Crippen LogP contribution in [0, 0.1) is 5.92 Å². The van der Waals surface area contributed by atoms with Gasteiger partial charge in [0.25, 0.3) is 0 Å². The van der Waals surface area contributed by atoms with Gasteiger partial charge in [-0.25, -0.2) is 0 Å². The van der Waals surface area contributed by atoms with E-state index in [0.717, 1.165) is 12.5 Å². The minimum atomic E-state index is 0.305. The number of aromatic nitrogens is 2. The van der Waals surface area contributed by atoms with Crippen LogP contribution in [0.1, 0.15) is 12.8 Å². The van der Waals surface area contributed by atoms with Gasteiger partial charge in [0.15, 0.2) is 0 Å². The Morgan fingerprint density at radius 2 is 2.54 bits per heavy atom. The number of nitrogen functional groups attached to an aromatic ring is 1. The van der Waals surface area contributed by atoms with Gasteiger partial charge in [-0.05, 0) is 18.8 Å². The zero-order valence-electron chi connectivity index (χ0n) is 7.81. The molecule has 1 fully saturated rings. The second kappa shape index (κ2) is 3.38.